The third kappa shape index (κ3) is 2.52. The van der Waals surface area contributed by atoms with Crippen molar-refractivity contribution in [3.05, 3.63) is 59.3 Å². The first-order valence-corrected chi connectivity index (χ1v) is 8.06. The average Bonchev–Trinajstić information content (AvgIpc) is 3.10. The molecule has 2 aromatic carbocycles. The van der Waals surface area contributed by atoms with Crippen molar-refractivity contribution >= 4 is 16.9 Å². The summed E-state index contributed by atoms with van der Waals surface area (Å²) in [7, 11) is 1.64. The number of aryl methyl sites for hydroxylation is 1. The molecular formula is C19H18N2O3. The summed E-state index contributed by atoms with van der Waals surface area (Å²) < 4.78 is 11.2. The molecule has 0 spiro atoms. The second-order valence-electron chi connectivity index (χ2n) is 5.99. The van der Waals surface area contributed by atoms with Gasteiger partial charge in [0, 0.05) is 5.39 Å². The highest BCUT2D eigenvalue weighted by molar-refractivity contribution is 6.02. The number of hydrogen-bond donors (Lipinski definition) is 1. The average molecular weight is 322 g/mol. The van der Waals surface area contributed by atoms with Gasteiger partial charge < -0.3 is 9.47 Å². The summed E-state index contributed by atoms with van der Waals surface area (Å²) in [5, 5.41) is 7.77. The molecule has 4 rings (SSSR count). The molecule has 1 atom stereocenters. The number of esters is 1. The van der Waals surface area contributed by atoms with Gasteiger partial charge in [0.2, 0.25) is 0 Å². The lowest BCUT2D eigenvalue weighted by Crippen LogP contribution is -2.17. The Kier molecular flexibility index (Phi) is 3.69. The van der Waals surface area contributed by atoms with Crippen LogP contribution in [0.25, 0.3) is 10.9 Å². The van der Waals surface area contributed by atoms with E-state index in [0.29, 0.717) is 11.1 Å². The molecule has 1 N–H and O–H groups in total. The number of rotatable bonds is 3. The van der Waals surface area contributed by atoms with Gasteiger partial charge >= 0.3 is 5.97 Å². The zero-order valence-electron chi connectivity index (χ0n) is 13.4. The number of aromatic amines is 1. The summed E-state index contributed by atoms with van der Waals surface area (Å²) in [5.41, 5.74) is 3.49. The number of nitrogens with zero attached hydrogens (tertiary/aromatic N) is 1. The molecule has 0 bridgehead atoms. The van der Waals surface area contributed by atoms with Crippen molar-refractivity contribution in [2.45, 2.75) is 25.4 Å². The second-order valence-corrected chi connectivity index (χ2v) is 5.99. The zero-order valence-corrected chi connectivity index (χ0v) is 13.4. The van der Waals surface area contributed by atoms with Crippen molar-refractivity contribution in [1.82, 2.24) is 10.2 Å². The standard InChI is InChI=1S/C19H18N2O3/c1-23-14-9-8-12-4-3-7-17(16(12)10-14)24-19(22)15-6-2-5-13-11-20-21-18(13)15/h2,5-6,8-11,17H,3-4,7H2,1H3,(H,20,21)/t17-/m1/s1. The highest BCUT2D eigenvalue weighted by atomic mass is 16.5. The van der Waals surface area contributed by atoms with Crippen molar-refractivity contribution in [2.75, 3.05) is 7.11 Å². The molecule has 5 heteroatoms. The highest BCUT2D eigenvalue weighted by Crippen LogP contribution is 2.35. The molecule has 0 radical (unpaired) electrons. The number of hydrogen-bond acceptors (Lipinski definition) is 4. The number of ether oxygens (including phenoxy) is 2. The van der Waals surface area contributed by atoms with Gasteiger partial charge in [-0.3, -0.25) is 5.10 Å². The van der Waals surface area contributed by atoms with Crippen LogP contribution in [0, 0.1) is 0 Å². The molecule has 1 aliphatic carbocycles. The lowest BCUT2D eigenvalue weighted by atomic mass is 9.89. The molecule has 1 aromatic heterocycles. The lowest BCUT2D eigenvalue weighted by molar-refractivity contribution is 0.0258. The van der Waals surface area contributed by atoms with E-state index >= 15 is 0 Å². The summed E-state index contributed by atoms with van der Waals surface area (Å²) in [4.78, 5) is 12.7. The fourth-order valence-electron chi connectivity index (χ4n) is 3.31. The monoisotopic (exact) mass is 322 g/mol. The van der Waals surface area contributed by atoms with Crippen LogP contribution >= 0.6 is 0 Å². The molecule has 122 valence electrons. The van der Waals surface area contributed by atoms with E-state index in [4.69, 9.17) is 9.47 Å². The Hall–Kier alpha value is -2.82. The smallest absolute Gasteiger partial charge is 0.340 e. The van der Waals surface area contributed by atoms with E-state index in [1.54, 1.807) is 19.4 Å². The molecule has 0 unspecified atom stereocenters. The predicted molar refractivity (Wildman–Crippen MR) is 90.2 cm³/mol. The summed E-state index contributed by atoms with van der Waals surface area (Å²) in [6.45, 7) is 0. The Labute approximate surface area is 139 Å². The van der Waals surface area contributed by atoms with Crippen LogP contribution in [0.2, 0.25) is 0 Å². The SMILES string of the molecule is COc1ccc2c(c1)[C@H](OC(=O)c1cccc3cn[nH]c13)CCC2. The molecule has 0 amide bonds. The van der Waals surface area contributed by atoms with Crippen molar-refractivity contribution in [1.29, 1.82) is 0 Å². The van der Waals surface area contributed by atoms with E-state index in [2.05, 4.69) is 16.3 Å². The van der Waals surface area contributed by atoms with Crippen LogP contribution in [0.3, 0.4) is 0 Å². The maximum Gasteiger partial charge on any atom is 0.340 e. The molecule has 3 aromatic rings. The van der Waals surface area contributed by atoms with Gasteiger partial charge in [-0.2, -0.15) is 5.10 Å². The number of methoxy groups -OCH3 is 1. The van der Waals surface area contributed by atoms with E-state index in [0.717, 1.165) is 36.0 Å². The maximum absolute atomic E-state index is 12.7. The second kappa shape index (κ2) is 6.00. The molecule has 0 aliphatic heterocycles. The van der Waals surface area contributed by atoms with E-state index < -0.39 is 0 Å². The van der Waals surface area contributed by atoms with Crippen LogP contribution < -0.4 is 4.74 Å². The van der Waals surface area contributed by atoms with Crippen molar-refractivity contribution in [2.24, 2.45) is 0 Å². The van der Waals surface area contributed by atoms with E-state index in [-0.39, 0.29) is 12.1 Å². The van der Waals surface area contributed by atoms with Gasteiger partial charge in [-0.1, -0.05) is 18.2 Å². The van der Waals surface area contributed by atoms with Crippen LogP contribution in [0.15, 0.2) is 42.6 Å². The van der Waals surface area contributed by atoms with Crippen LogP contribution in [-0.2, 0) is 11.2 Å². The minimum absolute atomic E-state index is 0.241. The Morgan fingerprint density at radius 1 is 1.29 bits per heavy atom. The summed E-state index contributed by atoms with van der Waals surface area (Å²) in [6.07, 6.45) is 4.29. The van der Waals surface area contributed by atoms with Crippen LogP contribution in [0.5, 0.6) is 5.75 Å². The maximum atomic E-state index is 12.7. The highest BCUT2D eigenvalue weighted by Gasteiger charge is 2.25. The molecule has 0 saturated carbocycles. The van der Waals surface area contributed by atoms with Gasteiger partial charge in [-0.05, 0) is 48.6 Å². The van der Waals surface area contributed by atoms with Crippen molar-refractivity contribution in [3.8, 4) is 5.75 Å². The minimum atomic E-state index is -0.328. The number of carbonyl (C=O) groups excluding carboxylic acids is 1. The first kappa shape index (κ1) is 14.8. The van der Waals surface area contributed by atoms with Gasteiger partial charge in [0.05, 0.1) is 24.4 Å². The quantitative estimate of drug-likeness (QED) is 0.745. The Morgan fingerprint density at radius 2 is 2.21 bits per heavy atom. The summed E-state index contributed by atoms with van der Waals surface area (Å²) in [6, 6.07) is 11.5. The number of benzene rings is 2. The number of nitrogens with one attached hydrogen (secondary N) is 1. The number of fused-ring (bicyclic) bond motifs is 2. The van der Waals surface area contributed by atoms with Crippen molar-refractivity contribution in [3.63, 3.8) is 0 Å². The van der Waals surface area contributed by atoms with Gasteiger partial charge in [0.25, 0.3) is 0 Å². The molecule has 0 saturated heterocycles. The number of aromatic nitrogens is 2. The van der Waals surface area contributed by atoms with Gasteiger partial charge in [0.15, 0.2) is 0 Å². The number of para-hydroxylation sites is 1. The van der Waals surface area contributed by atoms with Gasteiger partial charge in [-0.25, -0.2) is 4.79 Å². The van der Waals surface area contributed by atoms with Crippen LogP contribution in [0.4, 0.5) is 0 Å². The first-order valence-electron chi connectivity index (χ1n) is 8.06. The van der Waals surface area contributed by atoms with Gasteiger partial charge in [-0.15, -0.1) is 0 Å². The van der Waals surface area contributed by atoms with Crippen molar-refractivity contribution < 1.29 is 14.3 Å². The molecule has 24 heavy (non-hydrogen) atoms. The van der Waals surface area contributed by atoms with E-state index in [1.807, 2.05) is 24.3 Å². The Balaban J connectivity index is 1.65. The third-order valence-corrected chi connectivity index (χ3v) is 4.56. The normalized spacial score (nSPS) is 16.6. The predicted octanol–water partition coefficient (Wildman–Crippen LogP) is 3.81. The van der Waals surface area contributed by atoms with Crippen LogP contribution in [0.1, 0.15) is 40.4 Å². The molecule has 1 heterocycles. The molecule has 0 fully saturated rings. The number of H-pyrrole nitrogens is 1. The molecule has 5 nitrogen and oxygen atoms in total. The van der Waals surface area contributed by atoms with Crippen LogP contribution in [-0.4, -0.2) is 23.3 Å². The fourth-order valence-corrected chi connectivity index (χ4v) is 3.31. The largest absolute Gasteiger partial charge is 0.497 e. The molecule has 1 aliphatic rings. The van der Waals surface area contributed by atoms with E-state index in [9.17, 15) is 4.79 Å². The zero-order chi connectivity index (χ0) is 16.5. The fraction of sp³-hybridized carbons (Fsp3) is 0.263. The molecular weight excluding hydrogens is 304 g/mol. The summed E-state index contributed by atoms with van der Waals surface area (Å²) >= 11 is 0. The van der Waals surface area contributed by atoms with Gasteiger partial charge in [0.1, 0.15) is 11.9 Å². The topological polar surface area (TPSA) is 64.2 Å². The lowest BCUT2D eigenvalue weighted by Gasteiger charge is -2.26. The third-order valence-electron chi connectivity index (χ3n) is 4.56. The minimum Gasteiger partial charge on any atom is -0.497 e. The first-order chi connectivity index (χ1) is 11.8. The Bertz CT molecular complexity index is 901. The summed E-state index contributed by atoms with van der Waals surface area (Å²) in [5.74, 6) is 0.456. The number of carbonyl (C=O) groups is 1. The van der Waals surface area contributed by atoms with E-state index in [1.165, 1.54) is 5.56 Å². The Morgan fingerprint density at radius 3 is 3.08 bits per heavy atom.